The zero-order valence-corrected chi connectivity index (χ0v) is 15.6. The van der Waals surface area contributed by atoms with Gasteiger partial charge in [0.1, 0.15) is 5.75 Å². The molecule has 1 aromatic rings. The van der Waals surface area contributed by atoms with Gasteiger partial charge in [0.05, 0.1) is 19.1 Å². The normalized spacial score (nSPS) is 11.9. The molecule has 1 atom stereocenters. The van der Waals surface area contributed by atoms with Crippen LogP contribution in [0.5, 0.6) is 5.75 Å². The van der Waals surface area contributed by atoms with E-state index in [1.54, 1.807) is 7.11 Å². The Labute approximate surface area is 146 Å². The Hall–Kier alpha value is -2.02. The molecule has 24 heavy (non-hydrogen) atoms. The number of carbonyl (C=O) groups excluding carboxylic acids is 1. The molecule has 0 heterocycles. The van der Waals surface area contributed by atoms with E-state index in [2.05, 4.69) is 33.8 Å². The number of rotatable bonds is 9. The van der Waals surface area contributed by atoms with Gasteiger partial charge < -0.3 is 9.64 Å². The lowest BCUT2D eigenvalue weighted by molar-refractivity contribution is -0.131. The number of hydrogen-bond acceptors (Lipinski definition) is 3. The van der Waals surface area contributed by atoms with Crippen LogP contribution in [0.3, 0.4) is 0 Å². The number of nitrogens with zero attached hydrogens (tertiary/aromatic N) is 2. The Kier molecular flexibility index (Phi) is 8.32. The molecule has 1 unspecified atom stereocenters. The molecule has 0 spiro atoms. The second kappa shape index (κ2) is 9.97. The van der Waals surface area contributed by atoms with Crippen LogP contribution in [0.2, 0.25) is 0 Å². The van der Waals surface area contributed by atoms with Crippen molar-refractivity contribution in [2.24, 2.45) is 0 Å². The molecule has 0 fully saturated rings. The summed E-state index contributed by atoms with van der Waals surface area (Å²) in [6.07, 6.45) is 2.05. The lowest BCUT2D eigenvalue weighted by Crippen LogP contribution is -2.33. The van der Waals surface area contributed by atoms with Gasteiger partial charge in [-0.3, -0.25) is 4.79 Å². The summed E-state index contributed by atoms with van der Waals surface area (Å²) in [5, 5.41) is 9.64. The fraction of sp³-hybridized carbons (Fsp3) is 0.600. The van der Waals surface area contributed by atoms with Gasteiger partial charge >= 0.3 is 0 Å². The van der Waals surface area contributed by atoms with Gasteiger partial charge in [-0.05, 0) is 30.4 Å². The minimum atomic E-state index is -0.484. The molecule has 0 aromatic heterocycles. The number of methoxy groups -OCH3 is 1. The van der Waals surface area contributed by atoms with E-state index in [0.29, 0.717) is 11.7 Å². The smallest absolute Gasteiger partial charge is 0.224 e. The highest BCUT2D eigenvalue weighted by Crippen LogP contribution is 2.32. The first kappa shape index (κ1) is 20.0. The summed E-state index contributed by atoms with van der Waals surface area (Å²) < 4.78 is 5.42. The highest BCUT2D eigenvalue weighted by molar-refractivity contribution is 5.77. The zero-order valence-electron chi connectivity index (χ0n) is 15.6. The molecule has 0 N–H and O–H groups in total. The van der Waals surface area contributed by atoms with Gasteiger partial charge in [-0.15, -0.1) is 0 Å². The SMILES string of the molecule is CCCN(CCC)C(=O)CC(C#N)c1cc(C(C)C)ccc1OC. The van der Waals surface area contributed by atoms with Crippen molar-refractivity contribution in [3.8, 4) is 11.8 Å². The van der Waals surface area contributed by atoms with E-state index < -0.39 is 5.92 Å². The highest BCUT2D eigenvalue weighted by atomic mass is 16.5. The first-order valence-corrected chi connectivity index (χ1v) is 8.83. The molecule has 0 saturated carbocycles. The quantitative estimate of drug-likeness (QED) is 0.671. The van der Waals surface area contributed by atoms with Crippen molar-refractivity contribution in [3.05, 3.63) is 29.3 Å². The van der Waals surface area contributed by atoms with Gasteiger partial charge in [-0.1, -0.05) is 39.8 Å². The van der Waals surface area contributed by atoms with Crippen molar-refractivity contribution in [2.75, 3.05) is 20.2 Å². The predicted octanol–water partition coefficient (Wildman–Crippen LogP) is 4.46. The van der Waals surface area contributed by atoms with Crippen molar-refractivity contribution in [1.29, 1.82) is 5.26 Å². The number of hydrogen-bond donors (Lipinski definition) is 0. The van der Waals surface area contributed by atoms with Gasteiger partial charge in [0.2, 0.25) is 5.91 Å². The first-order chi connectivity index (χ1) is 11.5. The Bertz CT molecular complexity index is 569. The monoisotopic (exact) mass is 330 g/mol. The molecule has 1 rings (SSSR count). The lowest BCUT2D eigenvalue weighted by Gasteiger charge is -2.23. The molecule has 0 bridgehead atoms. The van der Waals surface area contributed by atoms with E-state index in [1.165, 1.54) is 0 Å². The topological polar surface area (TPSA) is 53.3 Å². The molecule has 4 nitrogen and oxygen atoms in total. The zero-order chi connectivity index (χ0) is 18.1. The molecular weight excluding hydrogens is 300 g/mol. The third kappa shape index (κ3) is 5.26. The minimum absolute atomic E-state index is 0.0438. The summed E-state index contributed by atoms with van der Waals surface area (Å²) in [5.41, 5.74) is 1.96. The number of benzene rings is 1. The van der Waals surface area contributed by atoms with Crippen molar-refractivity contribution in [2.45, 2.75) is 58.8 Å². The van der Waals surface area contributed by atoms with E-state index in [-0.39, 0.29) is 12.3 Å². The Balaban J connectivity index is 3.06. The van der Waals surface area contributed by atoms with Gasteiger partial charge in [0.15, 0.2) is 0 Å². The van der Waals surface area contributed by atoms with Crippen LogP contribution >= 0.6 is 0 Å². The van der Waals surface area contributed by atoms with Crippen molar-refractivity contribution in [3.63, 3.8) is 0 Å². The van der Waals surface area contributed by atoms with E-state index >= 15 is 0 Å². The number of nitriles is 1. The van der Waals surface area contributed by atoms with Crippen molar-refractivity contribution < 1.29 is 9.53 Å². The van der Waals surface area contributed by atoms with Crippen LogP contribution in [-0.4, -0.2) is 31.0 Å². The van der Waals surface area contributed by atoms with Crippen LogP contribution in [0.4, 0.5) is 0 Å². The van der Waals surface area contributed by atoms with Crippen molar-refractivity contribution >= 4 is 5.91 Å². The molecule has 0 saturated heterocycles. The van der Waals surface area contributed by atoms with E-state index in [9.17, 15) is 10.1 Å². The molecule has 1 amide bonds. The fourth-order valence-corrected chi connectivity index (χ4v) is 2.81. The number of carbonyl (C=O) groups is 1. The summed E-state index contributed by atoms with van der Waals surface area (Å²) in [5.74, 6) is 0.599. The Morgan fingerprint density at radius 3 is 2.33 bits per heavy atom. The molecule has 132 valence electrons. The standard InChI is InChI=1S/C20H30N2O2/c1-6-10-22(11-7-2)20(23)13-17(14-21)18-12-16(15(3)4)8-9-19(18)24-5/h8-9,12,15,17H,6-7,10-11,13H2,1-5H3. The largest absolute Gasteiger partial charge is 0.496 e. The molecule has 0 aliphatic heterocycles. The van der Waals surface area contributed by atoms with Gasteiger partial charge in [-0.2, -0.15) is 5.26 Å². The fourth-order valence-electron chi connectivity index (χ4n) is 2.81. The maximum absolute atomic E-state index is 12.6. The van der Waals surface area contributed by atoms with Crippen LogP contribution < -0.4 is 4.74 Å². The minimum Gasteiger partial charge on any atom is -0.496 e. The Morgan fingerprint density at radius 1 is 1.25 bits per heavy atom. The van der Waals surface area contributed by atoms with Gasteiger partial charge in [-0.25, -0.2) is 0 Å². The Morgan fingerprint density at radius 2 is 1.88 bits per heavy atom. The van der Waals surface area contributed by atoms with Gasteiger partial charge in [0, 0.05) is 25.1 Å². The van der Waals surface area contributed by atoms with Gasteiger partial charge in [0.25, 0.3) is 0 Å². The lowest BCUT2D eigenvalue weighted by atomic mass is 9.91. The van der Waals surface area contributed by atoms with Crippen LogP contribution in [0.1, 0.15) is 69.9 Å². The van der Waals surface area contributed by atoms with E-state index in [0.717, 1.165) is 37.1 Å². The third-order valence-corrected chi connectivity index (χ3v) is 4.17. The molecule has 1 aromatic carbocycles. The van der Waals surface area contributed by atoms with Crippen LogP contribution in [-0.2, 0) is 4.79 Å². The second-order valence-corrected chi connectivity index (χ2v) is 6.42. The summed E-state index contributed by atoms with van der Waals surface area (Å²) in [6.45, 7) is 9.84. The maximum atomic E-state index is 12.6. The third-order valence-electron chi connectivity index (χ3n) is 4.17. The number of amides is 1. The van der Waals surface area contributed by atoms with E-state index in [4.69, 9.17) is 4.74 Å². The summed E-state index contributed by atoms with van der Waals surface area (Å²) in [6, 6.07) is 8.23. The average Bonchev–Trinajstić information content (AvgIpc) is 2.58. The average molecular weight is 330 g/mol. The molecule has 0 radical (unpaired) electrons. The molecule has 0 aliphatic carbocycles. The highest BCUT2D eigenvalue weighted by Gasteiger charge is 2.23. The van der Waals surface area contributed by atoms with Crippen LogP contribution in [0.15, 0.2) is 18.2 Å². The van der Waals surface area contributed by atoms with E-state index in [1.807, 2.05) is 23.1 Å². The maximum Gasteiger partial charge on any atom is 0.224 e. The second-order valence-electron chi connectivity index (χ2n) is 6.42. The first-order valence-electron chi connectivity index (χ1n) is 8.83. The summed E-state index contributed by atoms with van der Waals surface area (Å²) in [7, 11) is 1.60. The van der Waals surface area contributed by atoms with Crippen molar-refractivity contribution in [1.82, 2.24) is 4.90 Å². The molecule has 4 heteroatoms. The predicted molar refractivity (Wildman–Crippen MR) is 97.2 cm³/mol. The molecule has 0 aliphatic rings. The summed E-state index contributed by atoms with van der Waals surface area (Å²) in [4.78, 5) is 14.5. The number of ether oxygens (including phenoxy) is 1. The summed E-state index contributed by atoms with van der Waals surface area (Å²) >= 11 is 0. The van der Waals surface area contributed by atoms with Crippen LogP contribution in [0, 0.1) is 11.3 Å². The van der Waals surface area contributed by atoms with Crippen LogP contribution in [0.25, 0.3) is 0 Å². The molecular formula is C20H30N2O2.